The van der Waals surface area contributed by atoms with Crippen LogP contribution in [0.3, 0.4) is 0 Å². The van der Waals surface area contributed by atoms with E-state index in [2.05, 4.69) is 30.6 Å². The number of aromatic amines is 1. The molecule has 0 bridgehead atoms. The second kappa shape index (κ2) is 5.09. The van der Waals surface area contributed by atoms with Crippen molar-refractivity contribution in [2.75, 3.05) is 5.73 Å². The van der Waals surface area contributed by atoms with Crippen molar-refractivity contribution < 1.29 is 8.42 Å². The van der Waals surface area contributed by atoms with Crippen molar-refractivity contribution in [3.8, 4) is 0 Å². The van der Waals surface area contributed by atoms with E-state index in [0.29, 0.717) is 15.9 Å². The van der Waals surface area contributed by atoms with Crippen LogP contribution >= 0.6 is 15.9 Å². The predicted octanol–water partition coefficient (Wildman–Crippen LogP) is 1.23. The lowest BCUT2D eigenvalue weighted by atomic mass is 10.3. The maximum atomic E-state index is 12.0. The first-order valence-corrected chi connectivity index (χ1v) is 7.28. The number of benzene rings is 1. The Labute approximate surface area is 113 Å². The number of imidazole rings is 1. The van der Waals surface area contributed by atoms with Crippen molar-refractivity contribution >= 4 is 31.6 Å². The quantitative estimate of drug-likeness (QED) is 0.734. The molecular formula is C10H11BrN4O2S. The minimum atomic E-state index is -3.56. The summed E-state index contributed by atoms with van der Waals surface area (Å²) < 4.78 is 27.0. The number of rotatable bonds is 4. The van der Waals surface area contributed by atoms with Crippen LogP contribution in [-0.4, -0.2) is 18.4 Å². The summed E-state index contributed by atoms with van der Waals surface area (Å²) in [5.41, 5.74) is 6.78. The number of nitrogen functional groups attached to an aromatic ring is 1. The molecule has 0 aliphatic carbocycles. The van der Waals surface area contributed by atoms with Gasteiger partial charge in [0.2, 0.25) is 10.0 Å². The first-order chi connectivity index (χ1) is 8.49. The Balaban J connectivity index is 2.17. The van der Waals surface area contributed by atoms with E-state index in [1.807, 2.05) is 0 Å². The number of nitrogens with one attached hydrogen (secondary N) is 2. The molecule has 1 aromatic carbocycles. The zero-order valence-corrected chi connectivity index (χ0v) is 11.6. The van der Waals surface area contributed by atoms with Crippen LogP contribution in [0.5, 0.6) is 0 Å². The summed E-state index contributed by atoms with van der Waals surface area (Å²) in [5.74, 6) is 0. The first kappa shape index (κ1) is 13.1. The molecule has 1 aromatic heterocycles. The van der Waals surface area contributed by atoms with Crippen LogP contribution in [-0.2, 0) is 16.6 Å². The van der Waals surface area contributed by atoms with Crippen LogP contribution in [0.4, 0.5) is 5.69 Å². The fourth-order valence-corrected chi connectivity index (χ4v) is 2.88. The van der Waals surface area contributed by atoms with E-state index in [-0.39, 0.29) is 11.4 Å². The summed E-state index contributed by atoms with van der Waals surface area (Å²) in [7, 11) is -3.56. The average molecular weight is 331 g/mol. The minimum Gasteiger partial charge on any atom is -0.398 e. The molecule has 6 nitrogen and oxygen atoms in total. The van der Waals surface area contributed by atoms with Crippen molar-refractivity contribution in [2.24, 2.45) is 0 Å². The van der Waals surface area contributed by atoms with Gasteiger partial charge in [0.15, 0.2) is 0 Å². The molecule has 0 saturated carbocycles. The standard InChI is InChI=1S/C10H11BrN4O2S/c11-9-3-8(1-2-10(9)12)18(16,17)15-5-7-4-13-6-14-7/h1-4,6,15H,5,12H2,(H,13,14). The van der Waals surface area contributed by atoms with E-state index < -0.39 is 10.0 Å². The number of nitrogens with zero attached hydrogens (tertiary/aromatic N) is 1. The minimum absolute atomic E-state index is 0.156. The van der Waals surface area contributed by atoms with Gasteiger partial charge in [-0.2, -0.15) is 0 Å². The highest BCUT2D eigenvalue weighted by molar-refractivity contribution is 9.10. The number of anilines is 1. The van der Waals surface area contributed by atoms with Crippen molar-refractivity contribution in [3.05, 3.63) is 40.9 Å². The molecule has 0 saturated heterocycles. The number of H-pyrrole nitrogens is 1. The highest BCUT2D eigenvalue weighted by Gasteiger charge is 2.14. The van der Waals surface area contributed by atoms with Crippen molar-refractivity contribution in [3.63, 3.8) is 0 Å². The summed E-state index contributed by atoms with van der Waals surface area (Å²) in [6.07, 6.45) is 3.05. The normalized spacial score (nSPS) is 11.6. The molecule has 96 valence electrons. The van der Waals surface area contributed by atoms with Crippen molar-refractivity contribution in [2.45, 2.75) is 11.4 Å². The number of halogens is 1. The molecular weight excluding hydrogens is 320 g/mol. The van der Waals surface area contributed by atoms with Crippen LogP contribution < -0.4 is 10.5 Å². The fraction of sp³-hybridized carbons (Fsp3) is 0.100. The molecule has 2 aromatic rings. The Morgan fingerprint density at radius 1 is 1.44 bits per heavy atom. The fourth-order valence-electron chi connectivity index (χ4n) is 1.31. The lowest BCUT2D eigenvalue weighted by Crippen LogP contribution is -2.23. The van der Waals surface area contributed by atoms with Crippen LogP contribution in [0.1, 0.15) is 5.69 Å². The van der Waals surface area contributed by atoms with Gasteiger partial charge in [0.1, 0.15) is 0 Å². The number of hydrogen-bond donors (Lipinski definition) is 3. The third-order valence-electron chi connectivity index (χ3n) is 2.29. The second-order valence-electron chi connectivity index (χ2n) is 3.58. The van der Waals surface area contributed by atoms with Gasteiger partial charge in [0, 0.05) is 22.1 Å². The van der Waals surface area contributed by atoms with E-state index in [9.17, 15) is 8.42 Å². The average Bonchev–Trinajstić information content (AvgIpc) is 2.83. The summed E-state index contributed by atoms with van der Waals surface area (Å²) >= 11 is 3.19. The predicted molar refractivity (Wildman–Crippen MR) is 71.2 cm³/mol. The van der Waals surface area contributed by atoms with E-state index >= 15 is 0 Å². The van der Waals surface area contributed by atoms with Gasteiger partial charge in [-0.25, -0.2) is 18.1 Å². The number of sulfonamides is 1. The maximum Gasteiger partial charge on any atom is 0.240 e. The zero-order valence-electron chi connectivity index (χ0n) is 9.22. The van der Waals surface area contributed by atoms with Crippen LogP contribution in [0, 0.1) is 0 Å². The number of nitrogens with two attached hydrogens (primary N) is 1. The van der Waals surface area contributed by atoms with Crippen molar-refractivity contribution in [1.29, 1.82) is 0 Å². The Hall–Kier alpha value is -1.38. The van der Waals surface area contributed by atoms with Gasteiger partial charge in [-0.05, 0) is 34.1 Å². The molecule has 0 aliphatic heterocycles. The third-order valence-corrected chi connectivity index (χ3v) is 4.38. The van der Waals surface area contributed by atoms with Gasteiger partial charge >= 0.3 is 0 Å². The van der Waals surface area contributed by atoms with Crippen LogP contribution in [0.25, 0.3) is 0 Å². The summed E-state index contributed by atoms with van der Waals surface area (Å²) in [4.78, 5) is 6.78. The monoisotopic (exact) mass is 330 g/mol. The highest BCUT2D eigenvalue weighted by atomic mass is 79.9. The summed E-state index contributed by atoms with van der Waals surface area (Å²) in [6, 6.07) is 4.45. The lowest BCUT2D eigenvalue weighted by molar-refractivity contribution is 0.580. The van der Waals surface area contributed by atoms with E-state index in [4.69, 9.17) is 5.73 Å². The van der Waals surface area contributed by atoms with Gasteiger partial charge in [0.05, 0.1) is 17.8 Å². The Morgan fingerprint density at radius 2 is 2.22 bits per heavy atom. The molecule has 0 fully saturated rings. The molecule has 0 radical (unpaired) electrons. The first-order valence-electron chi connectivity index (χ1n) is 5.01. The Bertz CT molecular complexity index is 640. The molecule has 0 amide bonds. The Morgan fingerprint density at radius 3 is 2.83 bits per heavy atom. The molecule has 0 aliphatic rings. The smallest absolute Gasteiger partial charge is 0.240 e. The van der Waals surface area contributed by atoms with Crippen molar-refractivity contribution in [1.82, 2.24) is 14.7 Å². The van der Waals surface area contributed by atoms with E-state index in [0.717, 1.165) is 0 Å². The zero-order chi connectivity index (χ0) is 13.2. The molecule has 18 heavy (non-hydrogen) atoms. The summed E-state index contributed by atoms with van der Waals surface area (Å²) in [5, 5.41) is 0. The number of hydrogen-bond acceptors (Lipinski definition) is 4. The lowest BCUT2D eigenvalue weighted by Gasteiger charge is -2.07. The highest BCUT2D eigenvalue weighted by Crippen LogP contribution is 2.22. The third kappa shape index (κ3) is 2.89. The molecule has 2 rings (SSSR count). The van der Waals surface area contributed by atoms with Gasteiger partial charge in [-0.3, -0.25) is 0 Å². The topological polar surface area (TPSA) is 101 Å². The maximum absolute atomic E-state index is 12.0. The Kier molecular flexibility index (Phi) is 3.69. The van der Waals surface area contributed by atoms with Gasteiger partial charge in [0.25, 0.3) is 0 Å². The van der Waals surface area contributed by atoms with Crippen LogP contribution in [0.2, 0.25) is 0 Å². The second-order valence-corrected chi connectivity index (χ2v) is 6.21. The molecule has 8 heteroatoms. The number of aromatic nitrogens is 2. The van der Waals surface area contributed by atoms with E-state index in [1.165, 1.54) is 24.5 Å². The molecule has 0 unspecified atom stereocenters. The molecule has 0 atom stereocenters. The molecule has 4 N–H and O–H groups in total. The SMILES string of the molecule is Nc1ccc(S(=O)(=O)NCc2cnc[nH]2)cc1Br. The van der Waals surface area contributed by atoms with Crippen LogP contribution in [0.15, 0.2) is 40.1 Å². The van der Waals surface area contributed by atoms with Gasteiger partial charge in [-0.15, -0.1) is 0 Å². The van der Waals surface area contributed by atoms with Gasteiger partial charge < -0.3 is 10.7 Å². The molecule has 1 heterocycles. The molecule has 0 spiro atoms. The largest absolute Gasteiger partial charge is 0.398 e. The van der Waals surface area contributed by atoms with Gasteiger partial charge in [-0.1, -0.05) is 0 Å². The summed E-state index contributed by atoms with van der Waals surface area (Å²) in [6.45, 7) is 0.157. The van der Waals surface area contributed by atoms with E-state index in [1.54, 1.807) is 6.20 Å².